The van der Waals surface area contributed by atoms with E-state index in [2.05, 4.69) is 32.1 Å². The molecular weight excluding hydrogens is 202 g/mol. The van der Waals surface area contributed by atoms with Crippen molar-refractivity contribution in [2.45, 2.75) is 18.8 Å². The first-order valence-corrected chi connectivity index (χ1v) is 5.68. The Balaban J connectivity index is 1.99. The highest BCUT2D eigenvalue weighted by atomic mass is 15.2. The molecule has 1 N–H and O–H groups in total. The summed E-state index contributed by atoms with van der Waals surface area (Å²) in [5.41, 5.74) is 2.81. The normalized spacial score (nSPS) is 22.7. The van der Waals surface area contributed by atoms with Crippen molar-refractivity contribution in [3.63, 3.8) is 0 Å². The van der Waals surface area contributed by atoms with Gasteiger partial charge in [0.2, 0.25) is 0 Å². The molecule has 0 amide bonds. The molecule has 3 heterocycles. The second kappa shape index (κ2) is 3.83. The van der Waals surface area contributed by atoms with Crippen LogP contribution in [0.1, 0.15) is 24.5 Å². The Labute approximate surface area is 93.9 Å². The van der Waals surface area contributed by atoms with Crippen LogP contribution in [0, 0.1) is 0 Å². The van der Waals surface area contributed by atoms with Crippen LogP contribution in [0.2, 0.25) is 0 Å². The van der Waals surface area contributed by atoms with E-state index in [0.717, 1.165) is 23.4 Å². The zero-order chi connectivity index (χ0) is 11.0. The second-order valence-electron chi connectivity index (χ2n) is 4.47. The summed E-state index contributed by atoms with van der Waals surface area (Å²) in [5.74, 6) is 0.514. The van der Waals surface area contributed by atoms with Crippen LogP contribution in [-0.2, 0) is 0 Å². The van der Waals surface area contributed by atoms with Gasteiger partial charge < -0.3 is 4.90 Å². The Morgan fingerprint density at radius 2 is 2.25 bits per heavy atom. The number of likely N-dealkylation sites (tertiary alicyclic amines) is 1. The zero-order valence-electron chi connectivity index (χ0n) is 9.35. The molecule has 5 nitrogen and oxygen atoms in total. The first kappa shape index (κ1) is 9.72. The molecule has 0 aliphatic carbocycles. The van der Waals surface area contributed by atoms with E-state index in [1.165, 1.54) is 19.4 Å². The molecule has 1 aliphatic heterocycles. The number of nitrogens with one attached hydrogen (secondary N) is 1. The molecule has 1 aliphatic rings. The number of likely N-dealkylation sites (N-methyl/N-ethyl adjacent to an activating group) is 1. The van der Waals surface area contributed by atoms with E-state index < -0.39 is 0 Å². The van der Waals surface area contributed by atoms with Crippen molar-refractivity contribution in [3.8, 4) is 0 Å². The van der Waals surface area contributed by atoms with Crippen LogP contribution in [0.15, 0.2) is 12.4 Å². The largest absolute Gasteiger partial charge is 0.306 e. The number of hydrogen-bond acceptors (Lipinski definition) is 4. The highest BCUT2D eigenvalue weighted by Gasteiger charge is 2.23. The fourth-order valence-electron chi connectivity index (χ4n) is 2.46. The third-order valence-electron chi connectivity index (χ3n) is 3.25. The summed E-state index contributed by atoms with van der Waals surface area (Å²) in [6.45, 7) is 2.27. The number of nitrogens with zero attached hydrogens (tertiary/aromatic N) is 4. The molecule has 1 saturated heterocycles. The Kier molecular flexibility index (Phi) is 2.32. The minimum Gasteiger partial charge on any atom is -0.306 e. The quantitative estimate of drug-likeness (QED) is 0.778. The van der Waals surface area contributed by atoms with Crippen molar-refractivity contribution in [1.82, 2.24) is 25.1 Å². The standard InChI is InChI=1S/C11H15N5/c1-16-6-2-3-8(7-16)9-10-11(15-14-9)13-5-4-12-10/h4-5,8H,2-3,6-7H2,1H3,(H,13,14,15)/t8-/m1/s1. The molecule has 0 spiro atoms. The maximum atomic E-state index is 4.37. The molecule has 5 heteroatoms. The fourth-order valence-corrected chi connectivity index (χ4v) is 2.46. The van der Waals surface area contributed by atoms with Gasteiger partial charge in [-0.3, -0.25) is 5.10 Å². The highest BCUT2D eigenvalue weighted by Crippen LogP contribution is 2.28. The smallest absolute Gasteiger partial charge is 0.199 e. The van der Waals surface area contributed by atoms with Crippen molar-refractivity contribution in [2.75, 3.05) is 20.1 Å². The first-order chi connectivity index (χ1) is 7.84. The summed E-state index contributed by atoms with van der Waals surface area (Å²) < 4.78 is 0. The molecule has 84 valence electrons. The van der Waals surface area contributed by atoms with E-state index in [1.54, 1.807) is 12.4 Å². The molecule has 16 heavy (non-hydrogen) atoms. The number of aromatic amines is 1. The Hall–Kier alpha value is -1.49. The topological polar surface area (TPSA) is 57.7 Å². The van der Waals surface area contributed by atoms with Crippen LogP contribution in [0.3, 0.4) is 0 Å². The monoisotopic (exact) mass is 217 g/mol. The van der Waals surface area contributed by atoms with Crippen molar-refractivity contribution < 1.29 is 0 Å². The van der Waals surface area contributed by atoms with Gasteiger partial charge in [-0.2, -0.15) is 5.10 Å². The molecule has 0 radical (unpaired) electrons. The van der Waals surface area contributed by atoms with Gasteiger partial charge in [0.1, 0.15) is 5.52 Å². The minimum absolute atomic E-state index is 0.514. The summed E-state index contributed by atoms with van der Waals surface area (Å²) in [7, 11) is 2.16. The molecule has 2 aromatic rings. The van der Waals surface area contributed by atoms with E-state index >= 15 is 0 Å². The van der Waals surface area contributed by atoms with Crippen LogP contribution in [-0.4, -0.2) is 45.2 Å². The summed E-state index contributed by atoms with van der Waals surface area (Å²) >= 11 is 0. The maximum absolute atomic E-state index is 4.37. The molecule has 0 saturated carbocycles. The average molecular weight is 217 g/mol. The number of hydrogen-bond donors (Lipinski definition) is 1. The molecule has 0 aromatic carbocycles. The van der Waals surface area contributed by atoms with E-state index in [4.69, 9.17) is 0 Å². The third-order valence-corrected chi connectivity index (χ3v) is 3.25. The van der Waals surface area contributed by atoms with Gasteiger partial charge in [-0.05, 0) is 26.4 Å². The van der Waals surface area contributed by atoms with Crippen molar-refractivity contribution in [1.29, 1.82) is 0 Å². The SMILES string of the molecule is CN1CCC[C@@H](c2[nH]nc3nccnc23)C1. The van der Waals surface area contributed by atoms with Crippen LogP contribution in [0.5, 0.6) is 0 Å². The fraction of sp³-hybridized carbons (Fsp3) is 0.545. The lowest BCUT2D eigenvalue weighted by Gasteiger charge is -2.28. The van der Waals surface area contributed by atoms with Gasteiger partial charge in [0.05, 0.1) is 5.69 Å². The van der Waals surface area contributed by atoms with E-state index in [1.807, 2.05) is 0 Å². The van der Waals surface area contributed by atoms with Gasteiger partial charge in [0.25, 0.3) is 0 Å². The zero-order valence-corrected chi connectivity index (χ0v) is 9.35. The Morgan fingerprint density at radius 1 is 1.38 bits per heavy atom. The summed E-state index contributed by atoms with van der Waals surface area (Å²) in [5, 5.41) is 7.30. The molecule has 3 rings (SSSR count). The molecule has 1 fully saturated rings. The summed E-state index contributed by atoms with van der Waals surface area (Å²) in [6.07, 6.45) is 5.86. The van der Waals surface area contributed by atoms with Gasteiger partial charge in [-0.1, -0.05) is 0 Å². The van der Waals surface area contributed by atoms with Crippen LogP contribution in [0.25, 0.3) is 11.2 Å². The van der Waals surface area contributed by atoms with E-state index in [-0.39, 0.29) is 0 Å². The number of H-pyrrole nitrogens is 1. The predicted molar refractivity (Wildman–Crippen MR) is 61.2 cm³/mol. The van der Waals surface area contributed by atoms with Crippen LogP contribution < -0.4 is 0 Å². The molecule has 0 unspecified atom stereocenters. The third kappa shape index (κ3) is 1.57. The highest BCUT2D eigenvalue weighted by molar-refractivity contribution is 5.72. The minimum atomic E-state index is 0.514. The Bertz CT molecular complexity index is 492. The summed E-state index contributed by atoms with van der Waals surface area (Å²) in [4.78, 5) is 10.9. The van der Waals surface area contributed by atoms with E-state index in [0.29, 0.717) is 5.92 Å². The first-order valence-electron chi connectivity index (χ1n) is 5.68. The molecule has 2 aromatic heterocycles. The van der Waals surface area contributed by atoms with Crippen molar-refractivity contribution in [2.24, 2.45) is 0 Å². The van der Waals surface area contributed by atoms with Crippen LogP contribution >= 0.6 is 0 Å². The lowest BCUT2D eigenvalue weighted by Crippen LogP contribution is -2.31. The lowest BCUT2D eigenvalue weighted by molar-refractivity contribution is 0.249. The number of rotatable bonds is 1. The van der Waals surface area contributed by atoms with Gasteiger partial charge >= 0.3 is 0 Å². The lowest BCUT2D eigenvalue weighted by atomic mass is 9.95. The number of aromatic nitrogens is 4. The van der Waals surface area contributed by atoms with Gasteiger partial charge in [-0.15, -0.1) is 0 Å². The Morgan fingerprint density at radius 3 is 3.12 bits per heavy atom. The molecule has 0 bridgehead atoms. The van der Waals surface area contributed by atoms with Gasteiger partial charge in [0, 0.05) is 24.9 Å². The van der Waals surface area contributed by atoms with Crippen LogP contribution in [0.4, 0.5) is 0 Å². The maximum Gasteiger partial charge on any atom is 0.199 e. The van der Waals surface area contributed by atoms with Crippen molar-refractivity contribution >= 4 is 11.2 Å². The number of fused-ring (bicyclic) bond motifs is 1. The number of piperidine rings is 1. The molecular formula is C11H15N5. The average Bonchev–Trinajstić information content (AvgIpc) is 2.72. The van der Waals surface area contributed by atoms with E-state index in [9.17, 15) is 0 Å². The second-order valence-corrected chi connectivity index (χ2v) is 4.47. The summed E-state index contributed by atoms with van der Waals surface area (Å²) in [6, 6.07) is 0. The predicted octanol–water partition coefficient (Wildman–Crippen LogP) is 1.16. The molecule has 1 atom stereocenters. The van der Waals surface area contributed by atoms with Gasteiger partial charge in [-0.25, -0.2) is 9.97 Å². The van der Waals surface area contributed by atoms with Crippen molar-refractivity contribution in [3.05, 3.63) is 18.1 Å². The van der Waals surface area contributed by atoms with Gasteiger partial charge in [0.15, 0.2) is 5.65 Å².